The molecule has 1 saturated heterocycles. The van der Waals surface area contributed by atoms with Crippen molar-refractivity contribution in [2.75, 3.05) is 18.4 Å². The van der Waals surface area contributed by atoms with Crippen LogP contribution in [0.3, 0.4) is 0 Å². The Labute approximate surface area is 145 Å². The number of amides is 1. The molecule has 22 heavy (non-hydrogen) atoms. The molecule has 3 N–H and O–H groups in total. The van der Waals surface area contributed by atoms with Crippen LogP contribution in [0, 0.1) is 0 Å². The van der Waals surface area contributed by atoms with E-state index in [9.17, 15) is 13.2 Å². The number of piperidine rings is 1. The Balaban J connectivity index is 0.00000242. The second kappa shape index (κ2) is 8.26. The van der Waals surface area contributed by atoms with Gasteiger partial charge in [0.25, 0.3) is 0 Å². The molecule has 0 aliphatic carbocycles. The Morgan fingerprint density at radius 3 is 2.68 bits per heavy atom. The van der Waals surface area contributed by atoms with Crippen molar-refractivity contribution in [1.82, 2.24) is 10.0 Å². The first-order chi connectivity index (χ1) is 9.88. The Kier molecular flexibility index (Phi) is 7.27. The summed E-state index contributed by atoms with van der Waals surface area (Å²) in [7, 11) is -3.56. The number of rotatable bonds is 4. The highest BCUT2D eigenvalue weighted by molar-refractivity contribution is 9.10. The van der Waals surface area contributed by atoms with E-state index in [1.807, 2.05) is 0 Å². The molecule has 0 aromatic heterocycles. The van der Waals surface area contributed by atoms with Gasteiger partial charge in [-0.1, -0.05) is 0 Å². The van der Waals surface area contributed by atoms with Crippen LogP contribution in [0.1, 0.15) is 19.8 Å². The van der Waals surface area contributed by atoms with E-state index in [0.717, 1.165) is 19.4 Å². The lowest BCUT2D eigenvalue weighted by Crippen LogP contribution is -2.45. The van der Waals surface area contributed by atoms with E-state index in [1.165, 1.54) is 19.1 Å². The van der Waals surface area contributed by atoms with E-state index in [0.29, 0.717) is 16.7 Å². The smallest absolute Gasteiger partial charge is 0.240 e. The number of halogens is 2. The van der Waals surface area contributed by atoms with E-state index in [4.69, 9.17) is 0 Å². The maximum atomic E-state index is 12.3. The fraction of sp³-hybridized carbons (Fsp3) is 0.462. The number of nitrogens with one attached hydrogen (secondary N) is 3. The number of hydrogen-bond acceptors (Lipinski definition) is 4. The first-order valence-corrected chi connectivity index (χ1v) is 8.96. The summed E-state index contributed by atoms with van der Waals surface area (Å²) in [6, 6.07) is 4.45. The van der Waals surface area contributed by atoms with Crippen molar-refractivity contribution >= 4 is 50.0 Å². The van der Waals surface area contributed by atoms with Crippen molar-refractivity contribution in [2.24, 2.45) is 0 Å². The third kappa shape index (κ3) is 5.20. The first kappa shape index (κ1) is 19.4. The summed E-state index contributed by atoms with van der Waals surface area (Å²) in [5.41, 5.74) is 0.542. The van der Waals surface area contributed by atoms with Crippen LogP contribution in [0.5, 0.6) is 0 Å². The molecule has 6 nitrogen and oxygen atoms in total. The van der Waals surface area contributed by atoms with Gasteiger partial charge in [-0.15, -0.1) is 12.4 Å². The van der Waals surface area contributed by atoms with Gasteiger partial charge in [0.2, 0.25) is 15.9 Å². The normalized spacial score (nSPS) is 18.4. The van der Waals surface area contributed by atoms with E-state index < -0.39 is 10.0 Å². The minimum atomic E-state index is -3.56. The fourth-order valence-electron chi connectivity index (χ4n) is 2.19. The van der Waals surface area contributed by atoms with Gasteiger partial charge in [-0.05, 0) is 53.5 Å². The Bertz CT molecular complexity index is 633. The van der Waals surface area contributed by atoms with Crippen LogP contribution in [0.2, 0.25) is 0 Å². The molecule has 1 aliphatic heterocycles. The molecular weight excluding hydrogens is 394 g/mol. The highest BCUT2D eigenvalue weighted by Gasteiger charge is 2.22. The predicted octanol–water partition coefficient (Wildman–Crippen LogP) is 1.86. The molecule has 9 heteroatoms. The molecular formula is C13H19BrClN3O3S. The van der Waals surface area contributed by atoms with Crippen LogP contribution >= 0.6 is 28.3 Å². The molecule has 0 bridgehead atoms. The first-order valence-electron chi connectivity index (χ1n) is 6.69. The van der Waals surface area contributed by atoms with Crippen LogP contribution in [0.25, 0.3) is 0 Å². The predicted molar refractivity (Wildman–Crippen MR) is 91.9 cm³/mol. The summed E-state index contributed by atoms with van der Waals surface area (Å²) >= 11 is 3.27. The zero-order chi connectivity index (χ0) is 15.5. The number of carbonyl (C=O) groups excluding carboxylic acids is 1. The molecule has 1 aromatic rings. The van der Waals surface area contributed by atoms with Crippen molar-refractivity contribution in [2.45, 2.75) is 30.7 Å². The van der Waals surface area contributed by atoms with E-state index in [2.05, 4.69) is 31.3 Å². The maximum Gasteiger partial charge on any atom is 0.240 e. The van der Waals surface area contributed by atoms with Crippen LogP contribution in [-0.4, -0.2) is 33.5 Å². The second-order valence-electron chi connectivity index (χ2n) is 4.99. The van der Waals surface area contributed by atoms with Gasteiger partial charge in [0.15, 0.2) is 0 Å². The average Bonchev–Trinajstić information content (AvgIpc) is 2.41. The molecule has 2 rings (SSSR count). The van der Waals surface area contributed by atoms with Gasteiger partial charge < -0.3 is 10.6 Å². The van der Waals surface area contributed by atoms with Crippen molar-refractivity contribution in [3.63, 3.8) is 0 Å². The monoisotopic (exact) mass is 411 g/mol. The zero-order valence-corrected chi connectivity index (χ0v) is 15.3. The van der Waals surface area contributed by atoms with Crippen molar-refractivity contribution in [3.05, 3.63) is 22.7 Å². The topological polar surface area (TPSA) is 87.3 Å². The minimum Gasteiger partial charge on any atom is -0.325 e. The third-order valence-electron chi connectivity index (χ3n) is 3.18. The molecule has 1 aliphatic rings. The molecule has 0 saturated carbocycles. The van der Waals surface area contributed by atoms with Gasteiger partial charge in [-0.2, -0.15) is 0 Å². The van der Waals surface area contributed by atoms with Gasteiger partial charge in [0, 0.05) is 24.0 Å². The highest BCUT2D eigenvalue weighted by Crippen LogP contribution is 2.26. The second-order valence-corrected chi connectivity index (χ2v) is 7.56. The van der Waals surface area contributed by atoms with E-state index in [1.54, 1.807) is 6.07 Å². The summed E-state index contributed by atoms with van der Waals surface area (Å²) in [5.74, 6) is -0.210. The van der Waals surface area contributed by atoms with Crippen molar-refractivity contribution in [1.29, 1.82) is 0 Å². The minimum absolute atomic E-state index is 0. The Hall–Kier alpha value is -0.670. The molecule has 124 valence electrons. The van der Waals surface area contributed by atoms with Gasteiger partial charge in [-0.3, -0.25) is 4.79 Å². The molecule has 1 atom stereocenters. The van der Waals surface area contributed by atoms with Gasteiger partial charge >= 0.3 is 0 Å². The average molecular weight is 413 g/mol. The molecule has 0 radical (unpaired) electrons. The number of carbonyl (C=O) groups is 1. The number of benzene rings is 1. The molecule has 1 amide bonds. The van der Waals surface area contributed by atoms with Gasteiger partial charge in [-0.25, -0.2) is 13.1 Å². The largest absolute Gasteiger partial charge is 0.325 e. The lowest BCUT2D eigenvalue weighted by atomic mass is 10.1. The summed E-state index contributed by atoms with van der Waals surface area (Å²) in [4.78, 5) is 11.2. The lowest BCUT2D eigenvalue weighted by Gasteiger charge is -2.23. The summed E-state index contributed by atoms with van der Waals surface area (Å²) in [6.07, 6.45) is 1.79. The SMILES string of the molecule is CC(=O)Nc1ccc(S(=O)(=O)NC2CCCNC2)cc1Br.Cl. The Morgan fingerprint density at radius 1 is 1.41 bits per heavy atom. The van der Waals surface area contributed by atoms with Crippen LogP contribution in [-0.2, 0) is 14.8 Å². The zero-order valence-electron chi connectivity index (χ0n) is 12.1. The summed E-state index contributed by atoms with van der Waals surface area (Å²) < 4.78 is 27.9. The van der Waals surface area contributed by atoms with Crippen LogP contribution in [0.4, 0.5) is 5.69 Å². The van der Waals surface area contributed by atoms with Crippen molar-refractivity contribution < 1.29 is 13.2 Å². The fourth-order valence-corrected chi connectivity index (χ4v) is 4.12. The van der Waals surface area contributed by atoms with Gasteiger partial charge in [0.1, 0.15) is 0 Å². The molecule has 1 fully saturated rings. The summed E-state index contributed by atoms with van der Waals surface area (Å²) in [6.45, 7) is 2.97. The van der Waals surface area contributed by atoms with E-state index in [-0.39, 0.29) is 29.3 Å². The standard InChI is InChI=1S/C13H18BrN3O3S.ClH/c1-9(18)16-13-5-4-11(7-12(13)14)21(19,20)17-10-3-2-6-15-8-10;/h4-5,7,10,15,17H,2-3,6,8H2,1H3,(H,16,18);1H. The molecule has 0 spiro atoms. The quantitative estimate of drug-likeness (QED) is 0.704. The third-order valence-corrected chi connectivity index (χ3v) is 5.35. The number of sulfonamides is 1. The van der Waals surface area contributed by atoms with E-state index >= 15 is 0 Å². The summed E-state index contributed by atoms with van der Waals surface area (Å²) in [5, 5.41) is 5.79. The molecule has 1 aromatic carbocycles. The molecule has 1 unspecified atom stereocenters. The highest BCUT2D eigenvalue weighted by atomic mass is 79.9. The van der Waals surface area contributed by atoms with Crippen LogP contribution < -0.4 is 15.4 Å². The molecule has 1 heterocycles. The number of hydrogen-bond donors (Lipinski definition) is 3. The maximum absolute atomic E-state index is 12.3. The van der Waals surface area contributed by atoms with Crippen molar-refractivity contribution in [3.8, 4) is 0 Å². The van der Waals surface area contributed by atoms with Gasteiger partial charge in [0.05, 0.1) is 10.6 Å². The lowest BCUT2D eigenvalue weighted by molar-refractivity contribution is -0.114. The van der Waals surface area contributed by atoms with Crippen LogP contribution in [0.15, 0.2) is 27.6 Å². The Morgan fingerprint density at radius 2 is 2.14 bits per heavy atom. The number of anilines is 1.